The molecular weight excluding hydrogens is 515 g/mol. The Morgan fingerprint density at radius 2 is 1.42 bits per heavy atom. The first kappa shape index (κ1) is 26.4. The second kappa shape index (κ2) is 10.5. The molecule has 0 aromatic heterocycles. The van der Waals surface area contributed by atoms with Crippen LogP contribution in [0.25, 0.3) is 0 Å². The van der Waals surface area contributed by atoms with Gasteiger partial charge in [0.05, 0.1) is 22.4 Å². The van der Waals surface area contributed by atoms with Gasteiger partial charge >= 0.3 is 6.18 Å². The van der Waals surface area contributed by atoms with Crippen LogP contribution in [-0.2, 0) is 21.0 Å². The number of sulfonamides is 1. The van der Waals surface area contributed by atoms with Crippen LogP contribution in [0.15, 0.2) is 89.8 Å². The van der Waals surface area contributed by atoms with Crippen LogP contribution in [0.1, 0.15) is 29.2 Å². The number of amides is 1. The summed E-state index contributed by atoms with van der Waals surface area (Å²) < 4.78 is 66.3. The van der Waals surface area contributed by atoms with Crippen molar-refractivity contribution in [3.8, 4) is 0 Å². The summed E-state index contributed by atoms with van der Waals surface area (Å²) in [5.74, 6) is -0.391. The van der Waals surface area contributed by atoms with Gasteiger partial charge in [-0.05, 0) is 41.8 Å². The third kappa shape index (κ3) is 5.48. The van der Waals surface area contributed by atoms with Crippen LogP contribution in [-0.4, -0.2) is 55.8 Å². The summed E-state index contributed by atoms with van der Waals surface area (Å²) in [6.45, 7) is 1.38. The van der Waals surface area contributed by atoms with Gasteiger partial charge in [-0.15, -0.1) is 0 Å². The molecule has 10 heteroatoms. The molecule has 2 unspecified atom stereocenters. The first-order valence-electron chi connectivity index (χ1n) is 12.4. The number of rotatable bonds is 6. The van der Waals surface area contributed by atoms with Crippen molar-refractivity contribution in [1.29, 1.82) is 0 Å². The van der Waals surface area contributed by atoms with Crippen molar-refractivity contribution in [3.05, 3.63) is 102 Å². The molecule has 2 saturated heterocycles. The molecule has 1 N–H and O–H groups in total. The maximum atomic E-state index is 13.4. The van der Waals surface area contributed by atoms with Gasteiger partial charge in [-0.3, -0.25) is 9.69 Å². The summed E-state index contributed by atoms with van der Waals surface area (Å²) in [6, 6.07) is 22.6. The molecular formula is C28H28F3N3O3S. The van der Waals surface area contributed by atoms with Gasteiger partial charge in [-0.2, -0.15) is 17.5 Å². The van der Waals surface area contributed by atoms with E-state index in [0.717, 1.165) is 35.4 Å². The highest BCUT2D eigenvalue weighted by Gasteiger charge is 2.42. The number of piperazine rings is 1. The maximum absolute atomic E-state index is 13.4. The highest BCUT2D eigenvalue weighted by Crippen LogP contribution is 2.33. The topological polar surface area (TPSA) is 69.7 Å². The largest absolute Gasteiger partial charge is 0.416 e. The number of fused-ring (bicyclic) bond motifs is 1. The predicted molar refractivity (Wildman–Crippen MR) is 137 cm³/mol. The third-order valence-electron chi connectivity index (χ3n) is 7.32. The fraction of sp³-hybridized carbons (Fsp3) is 0.321. The number of nitrogens with one attached hydrogen (secondary N) is 1. The van der Waals surface area contributed by atoms with Crippen molar-refractivity contribution in [2.45, 2.75) is 29.6 Å². The summed E-state index contributed by atoms with van der Waals surface area (Å²) in [7, 11) is -3.95. The highest BCUT2D eigenvalue weighted by atomic mass is 32.2. The first-order valence-corrected chi connectivity index (χ1v) is 13.9. The molecule has 3 aromatic rings. The minimum absolute atomic E-state index is 0.0887. The van der Waals surface area contributed by atoms with E-state index in [9.17, 15) is 26.4 Å². The minimum Gasteiger partial charge on any atom is -0.345 e. The smallest absolute Gasteiger partial charge is 0.345 e. The lowest BCUT2D eigenvalue weighted by Gasteiger charge is -2.36. The Balaban J connectivity index is 1.27. The standard InChI is InChI=1S/C28H28F3N3O3S/c29-28(30,31)23-11-13-25(14-12-23)38(36,37)34-16-15-33-18-22(17-24(33)19-34)27(35)32-26(20-7-3-1-4-8-20)21-9-5-2-6-10-21/h1-14,22,24,26H,15-19H2,(H,32,35). The molecule has 0 radical (unpaired) electrons. The minimum atomic E-state index is -4.53. The zero-order chi connectivity index (χ0) is 26.9. The summed E-state index contributed by atoms with van der Waals surface area (Å²) in [4.78, 5) is 15.4. The van der Waals surface area contributed by atoms with Crippen molar-refractivity contribution in [2.24, 2.45) is 5.92 Å². The van der Waals surface area contributed by atoms with Crippen LogP contribution >= 0.6 is 0 Å². The van der Waals surface area contributed by atoms with E-state index < -0.39 is 21.8 Å². The molecule has 200 valence electrons. The predicted octanol–water partition coefficient (Wildman–Crippen LogP) is 4.31. The van der Waals surface area contributed by atoms with E-state index in [0.29, 0.717) is 19.5 Å². The number of alkyl halides is 3. The zero-order valence-electron chi connectivity index (χ0n) is 20.5. The number of hydrogen-bond donors (Lipinski definition) is 1. The number of carbonyl (C=O) groups is 1. The molecule has 0 bridgehead atoms. The zero-order valence-corrected chi connectivity index (χ0v) is 21.3. The second-order valence-corrected chi connectivity index (χ2v) is 11.7. The maximum Gasteiger partial charge on any atom is 0.416 e. The second-order valence-electron chi connectivity index (χ2n) is 9.73. The van der Waals surface area contributed by atoms with Gasteiger partial charge in [0.15, 0.2) is 0 Å². The molecule has 0 aliphatic carbocycles. The molecule has 38 heavy (non-hydrogen) atoms. The van der Waals surface area contributed by atoms with E-state index in [4.69, 9.17) is 0 Å². The van der Waals surface area contributed by atoms with Crippen molar-refractivity contribution in [1.82, 2.24) is 14.5 Å². The van der Waals surface area contributed by atoms with Crippen molar-refractivity contribution < 1.29 is 26.4 Å². The van der Waals surface area contributed by atoms with E-state index in [1.807, 2.05) is 60.7 Å². The van der Waals surface area contributed by atoms with Crippen LogP contribution < -0.4 is 5.32 Å². The van der Waals surface area contributed by atoms with E-state index in [1.165, 1.54) is 4.31 Å². The summed E-state index contributed by atoms with van der Waals surface area (Å²) in [5.41, 5.74) is 1.04. The molecule has 2 heterocycles. The quantitative estimate of drug-likeness (QED) is 0.503. The van der Waals surface area contributed by atoms with Gasteiger partial charge < -0.3 is 5.32 Å². The van der Waals surface area contributed by atoms with Crippen molar-refractivity contribution in [2.75, 3.05) is 26.2 Å². The van der Waals surface area contributed by atoms with Crippen LogP contribution in [0.2, 0.25) is 0 Å². The monoisotopic (exact) mass is 543 g/mol. The third-order valence-corrected chi connectivity index (χ3v) is 9.20. The summed E-state index contributed by atoms with van der Waals surface area (Å²) in [6.07, 6.45) is -4.03. The van der Waals surface area contributed by atoms with Gasteiger partial charge in [0, 0.05) is 32.2 Å². The number of benzene rings is 3. The van der Waals surface area contributed by atoms with Gasteiger partial charge in [0.1, 0.15) is 0 Å². The Hall–Kier alpha value is -3.21. The molecule has 3 aromatic carbocycles. The van der Waals surface area contributed by atoms with Gasteiger partial charge in [0.25, 0.3) is 0 Å². The van der Waals surface area contributed by atoms with Crippen LogP contribution in [0, 0.1) is 5.92 Å². The normalized spacial score (nSPS) is 20.8. The summed E-state index contributed by atoms with van der Waals surface area (Å²) in [5, 5.41) is 3.20. The Bertz CT molecular complexity index is 1330. The van der Waals surface area contributed by atoms with E-state index in [2.05, 4.69) is 10.2 Å². The Morgan fingerprint density at radius 1 is 0.842 bits per heavy atom. The number of carbonyl (C=O) groups excluding carboxylic acids is 1. The molecule has 5 rings (SSSR count). The number of hydrogen-bond acceptors (Lipinski definition) is 4. The van der Waals surface area contributed by atoms with Gasteiger partial charge in [0.2, 0.25) is 15.9 Å². The average Bonchev–Trinajstić information content (AvgIpc) is 3.36. The number of nitrogens with zero attached hydrogens (tertiary/aromatic N) is 2. The Labute approximate surface area is 220 Å². The van der Waals surface area contributed by atoms with Crippen LogP contribution in [0.4, 0.5) is 13.2 Å². The summed E-state index contributed by atoms with van der Waals surface area (Å²) >= 11 is 0. The van der Waals surface area contributed by atoms with Crippen LogP contribution in [0.3, 0.4) is 0 Å². The molecule has 0 saturated carbocycles. The van der Waals surface area contributed by atoms with Crippen molar-refractivity contribution in [3.63, 3.8) is 0 Å². The average molecular weight is 544 g/mol. The Morgan fingerprint density at radius 3 is 1.97 bits per heavy atom. The lowest BCUT2D eigenvalue weighted by molar-refractivity contribution is -0.137. The van der Waals surface area contributed by atoms with Gasteiger partial charge in [-0.25, -0.2) is 8.42 Å². The molecule has 0 spiro atoms. The SMILES string of the molecule is O=C(NC(c1ccccc1)c1ccccc1)C1CC2CN(S(=O)(=O)c3ccc(C(F)(F)F)cc3)CCN2C1. The van der Waals surface area contributed by atoms with Crippen LogP contribution in [0.5, 0.6) is 0 Å². The van der Waals surface area contributed by atoms with Gasteiger partial charge in [-0.1, -0.05) is 60.7 Å². The molecule has 2 atom stereocenters. The van der Waals surface area contributed by atoms with E-state index >= 15 is 0 Å². The Kier molecular flexibility index (Phi) is 7.30. The lowest BCUT2D eigenvalue weighted by atomic mass is 9.97. The fourth-order valence-corrected chi connectivity index (χ4v) is 6.77. The highest BCUT2D eigenvalue weighted by molar-refractivity contribution is 7.89. The van der Waals surface area contributed by atoms with E-state index in [-0.39, 0.29) is 41.9 Å². The number of halogens is 3. The van der Waals surface area contributed by atoms with Crippen molar-refractivity contribution >= 4 is 15.9 Å². The van der Waals surface area contributed by atoms with E-state index in [1.54, 1.807) is 0 Å². The lowest BCUT2D eigenvalue weighted by Crippen LogP contribution is -2.51. The molecule has 6 nitrogen and oxygen atoms in total. The molecule has 2 fully saturated rings. The fourth-order valence-electron chi connectivity index (χ4n) is 5.30. The molecule has 2 aliphatic heterocycles. The first-order chi connectivity index (χ1) is 18.1. The molecule has 2 aliphatic rings. The molecule has 1 amide bonds.